The molecule has 2 fully saturated rings. The number of carbonyl (C=O) groups excluding carboxylic acids is 2. The highest BCUT2D eigenvalue weighted by molar-refractivity contribution is 5.95. The number of amides is 2. The molecule has 3 rings (SSSR count). The quantitative estimate of drug-likeness (QED) is 0.834. The molecule has 0 spiro atoms. The van der Waals surface area contributed by atoms with Crippen LogP contribution < -0.4 is 14.8 Å². The lowest BCUT2D eigenvalue weighted by atomic mass is 10.0. The zero-order chi connectivity index (χ0) is 18.5. The van der Waals surface area contributed by atoms with Crippen molar-refractivity contribution in [1.82, 2.24) is 15.1 Å². The molecule has 1 aromatic carbocycles. The lowest BCUT2D eigenvalue weighted by molar-refractivity contribution is -0.135. The van der Waals surface area contributed by atoms with Crippen LogP contribution >= 0.6 is 12.4 Å². The Balaban J connectivity index is 0.00000261. The van der Waals surface area contributed by atoms with Crippen LogP contribution in [0, 0.1) is 0 Å². The van der Waals surface area contributed by atoms with Gasteiger partial charge in [-0.15, -0.1) is 12.4 Å². The Hall–Kier alpha value is -1.99. The number of halogens is 1. The second kappa shape index (κ2) is 9.80. The summed E-state index contributed by atoms with van der Waals surface area (Å²) in [6, 6.07) is 5.12. The van der Waals surface area contributed by atoms with E-state index in [9.17, 15) is 9.59 Å². The highest BCUT2D eigenvalue weighted by Crippen LogP contribution is 2.28. The van der Waals surface area contributed by atoms with Gasteiger partial charge in [0, 0.05) is 31.7 Å². The molecular formula is C19H28ClN3O4. The van der Waals surface area contributed by atoms with Gasteiger partial charge in [0.25, 0.3) is 5.91 Å². The summed E-state index contributed by atoms with van der Waals surface area (Å²) in [5.74, 6) is 1.26. The fourth-order valence-corrected chi connectivity index (χ4v) is 3.56. The van der Waals surface area contributed by atoms with E-state index in [2.05, 4.69) is 5.32 Å². The van der Waals surface area contributed by atoms with Crippen LogP contribution in [0.15, 0.2) is 18.2 Å². The van der Waals surface area contributed by atoms with Gasteiger partial charge >= 0.3 is 0 Å². The van der Waals surface area contributed by atoms with E-state index < -0.39 is 0 Å². The molecule has 2 aliphatic heterocycles. The maximum atomic E-state index is 12.8. The van der Waals surface area contributed by atoms with Gasteiger partial charge < -0.3 is 24.6 Å². The van der Waals surface area contributed by atoms with E-state index in [0.717, 1.165) is 25.8 Å². The van der Waals surface area contributed by atoms with E-state index in [0.29, 0.717) is 43.2 Å². The SMILES string of the molecule is COc1ccc(C(=O)N2CCN(C(=O)C3CCCCN3)CC2)cc1OC.Cl. The average Bonchev–Trinajstić information content (AvgIpc) is 2.73. The van der Waals surface area contributed by atoms with Gasteiger partial charge in [0.2, 0.25) is 5.91 Å². The van der Waals surface area contributed by atoms with Gasteiger partial charge in [-0.05, 0) is 37.6 Å². The number of piperidine rings is 1. The molecule has 2 heterocycles. The Bertz CT molecular complexity index is 656. The molecule has 0 bridgehead atoms. The third-order valence-electron chi connectivity index (χ3n) is 5.12. The van der Waals surface area contributed by atoms with Crippen LogP contribution in [-0.4, -0.2) is 74.6 Å². The first-order valence-electron chi connectivity index (χ1n) is 9.17. The summed E-state index contributed by atoms with van der Waals surface area (Å²) in [5, 5.41) is 3.30. The van der Waals surface area contributed by atoms with Crippen molar-refractivity contribution in [3.8, 4) is 11.5 Å². The van der Waals surface area contributed by atoms with Crippen LogP contribution in [0.4, 0.5) is 0 Å². The molecule has 27 heavy (non-hydrogen) atoms. The van der Waals surface area contributed by atoms with Crippen molar-refractivity contribution in [2.24, 2.45) is 0 Å². The zero-order valence-corrected chi connectivity index (χ0v) is 16.7. The van der Waals surface area contributed by atoms with Gasteiger partial charge in [-0.25, -0.2) is 0 Å². The van der Waals surface area contributed by atoms with E-state index >= 15 is 0 Å². The zero-order valence-electron chi connectivity index (χ0n) is 15.9. The number of benzene rings is 1. The molecule has 2 aliphatic rings. The normalized spacial score (nSPS) is 19.9. The standard InChI is InChI=1S/C19H27N3O4.ClH/c1-25-16-7-6-14(13-17(16)26-2)18(23)21-9-11-22(12-10-21)19(24)15-5-3-4-8-20-15;/h6-7,13,15,20H,3-5,8-12H2,1-2H3;1H. The Kier molecular flexibility index (Phi) is 7.74. The molecule has 2 saturated heterocycles. The van der Waals surface area contributed by atoms with Crippen molar-refractivity contribution < 1.29 is 19.1 Å². The molecule has 0 radical (unpaired) electrons. The average molecular weight is 398 g/mol. The van der Waals surface area contributed by atoms with Gasteiger partial charge in [0.05, 0.1) is 20.3 Å². The molecule has 1 unspecified atom stereocenters. The number of methoxy groups -OCH3 is 2. The Labute approximate surface area is 166 Å². The maximum absolute atomic E-state index is 12.8. The molecular weight excluding hydrogens is 370 g/mol. The molecule has 0 aliphatic carbocycles. The number of carbonyl (C=O) groups is 2. The first-order valence-corrected chi connectivity index (χ1v) is 9.17. The van der Waals surface area contributed by atoms with Gasteiger partial charge in [0.1, 0.15) is 0 Å². The fraction of sp³-hybridized carbons (Fsp3) is 0.579. The van der Waals surface area contributed by atoms with Crippen LogP contribution in [-0.2, 0) is 4.79 Å². The van der Waals surface area contributed by atoms with E-state index in [1.807, 2.05) is 4.90 Å². The summed E-state index contributed by atoms with van der Waals surface area (Å²) >= 11 is 0. The second-order valence-corrected chi connectivity index (χ2v) is 6.69. The molecule has 0 saturated carbocycles. The molecule has 2 amide bonds. The first kappa shape index (κ1) is 21.3. The molecule has 1 aromatic rings. The minimum absolute atomic E-state index is 0. The van der Waals surface area contributed by atoms with Crippen molar-refractivity contribution >= 4 is 24.2 Å². The van der Waals surface area contributed by atoms with E-state index in [1.165, 1.54) is 0 Å². The summed E-state index contributed by atoms with van der Waals surface area (Å²) in [4.78, 5) is 29.0. The van der Waals surface area contributed by atoms with Crippen molar-refractivity contribution in [1.29, 1.82) is 0 Å². The van der Waals surface area contributed by atoms with Crippen LogP contribution in [0.1, 0.15) is 29.6 Å². The number of nitrogens with zero attached hydrogens (tertiary/aromatic N) is 2. The summed E-state index contributed by atoms with van der Waals surface area (Å²) in [5.41, 5.74) is 0.566. The number of hydrogen-bond donors (Lipinski definition) is 1. The highest BCUT2D eigenvalue weighted by atomic mass is 35.5. The van der Waals surface area contributed by atoms with Crippen molar-refractivity contribution in [3.63, 3.8) is 0 Å². The van der Waals surface area contributed by atoms with Crippen LogP contribution in [0.5, 0.6) is 11.5 Å². The number of piperazine rings is 1. The summed E-state index contributed by atoms with van der Waals surface area (Å²) in [7, 11) is 3.12. The summed E-state index contributed by atoms with van der Waals surface area (Å²) in [6.45, 7) is 3.16. The number of rotatable bonds is 4. The summed E-state index contributed by atoms with van der Waals surface area (Å²) < 4.78 is 10.5. The molecule has 7 nitrogen and oxygen atoms in total. The smallest absolute Gasteiger partial charge is 0.254 e. The molecule has 1 atom stereocenters. The molecule has 8 heteroatoms. The van der Waals surface area contributed by atoms with Crippen LogP contribution in [0.2, 0.25) is 0 Å². The highest BCUT2D eigenvalue weighted by Gasteiger charge is 2.30. The third-order valence-corrected chi connectivity index (χ3v) is 5.12. The lowest BCUT2D eigenvalue weighted by Crippen LogP contribution is -2.55. The number of nitrogens with one attached hydrogen (secondary N) is 1. The van der Waals surface area contributed by atoms with Crippen LogP contribution in [0.25, 0.3) is 0 Å². The van der Waals surface area contributed by atoms with Gasteiger partial charge in [-0.3, -0.25) is 9.59 Å². The maximum Gasteiger partial charge on any atom is 0.254 e. The first-order chi connectivity index (χ1) is 12.6. The van der Waals surface area contributed by atoms with Crippen LogP contribution in [0.3, 0.4) is 0 Å². The van der Waals surface area contributed by atoms with Crippen molar-refractivity contribution in [2.75, 3.05) is 46.9 Å². The fourth-order valence-electron chi connectivity index (χ4n) is 3.56. The topological polar surface area (TPSA) is 71.1 Å². The minimum Gasteiger partial charge on any atom is -0.493 e. The van der Waals surface area contributed by atoms with E-state index in [4.69, 9.17) is 9.47 Å². The van der Waals surface area contributed by atoms with Gasteiger partial charge in [0.15, 0.2) is 11.5 Å². The Morgan fingerprint density at radius 1 is 1.00 bits per heavy atom. The van der Waals surface area contributed by atoms with Gasteiger partial charge in [-0.1, -0.05) is 6.42 Å². The predicted molar refractivity (Wildman–Crippen MR) is 105 cm³/mol. The second-order valence-electron chi connectivity index (χ2n) is 6.69. The molecule has 0 aromatic heterocycles. The van der Waals surface area contributed by atoms with Gasteiger partial charge in [-0.2, -0.15) is 0 Å². The van der Waals surface area contributed by atoms with Crippen molar-refractivity contribution in [2.45, 2.75) is 25.3 Å². The number of ether oxygens (including phenoxy) is 2. The van der Waals surface area contributed by atoms with E-state index in [-0.39, 0.29) is 30.3 Å². The lowest BCUT2D eigenvalue weighted by Gasteiger charge is -2.37. The third kappa shape index (κ3) is 4.84. The molecule has 150 valence electrons. The van der Waals surface area contributed by atoms with E-state index in [1.54, 1.807) is 37.3 Å². The molecule has 1 N–H and O–H groups in total. The Morgan fingerprint density at radius 3 is 2.26 bits per heavy atom. The monoisotopic (exact) mass is 397 g/mol. The number of hydrogen-bond acceptors (Lipinski definition) is 5. The summed E-state index contributed by atoms with van der Waals surface area (Å²) in [6.07, 6.45) is 3.14. The minimum atomic E-state index is -0.0585. The van der Waals surface area contributed by atoms with Crippen molar-refractivity contribution in [3.05, 3.63) is 23.8 Å². The Morgan fingerprint density at radius 2 is 1.67 bits per heavy atom. The largest absolute Gasteiger partial charge is 0.493 e. The predicted octanol–water partition coefficient (Wildman–Crippen LogP) is 1.55.